The smallest absolute Gasteiger partial charge is 0.249 e. The van der Waals surface area contributed by atoms with Crippen molar-refractivity contribution in [1.29, 1.82) is 0 Å². The molecule has 8 heteroatoms. The van der Waals surface area contributed by atoms with Crippen LogP contribution in [0, 0.1) is 5.92 Å². The van der Waals surface area contributed by atoms with Gasteiger partial charge in [-0.1, -0.05) is 0 Å². The largest absolute Gasteiger partial charge is 0.393 e. The van der Waals surface area contributed by atoms with Crippen LogP contribution in [0.5, 0.6) is 0 Å². The average Bonchev–Trinajstić information content (AvgIpc) is 3.20. The molecular formula is C20H28N6O2. The zero-order valence-electron chi connectivity index (χ0n) is 16.6. The molecule has 1 aromatic heterocycles. The summed E-state index contributed by atoms with van der Waals surface area (Å²) in [5, 5.41) is 13.4. The maximum Gasteiger partial charge on any atom is 0.249 e. The topological polar surface area (TPSA) is 95.1 Å². The van der Waals surface area contributed by atoms with Gasteiger partial charge in [0.25, 0.3) is 0 Å². The lowest BCUT2D eigenvalue weighted by Gasteiger charge is -2.40. The Balaban J connectivity index is 1.58. The standard InChI is InChI=1S/C20H28N6O2/c1-12-19-18(24-20(22-12)26-9-8-21-11-26)16(10-17(28)25(19)3)23-15-6-4-14(5-7-15)13(2)27/h8-15,19,23,27H,4-7H2,1-3H3. The molecule has 28 heavy (non-hydrogen) atoms. The van der Waals surface area contributed by atoms with Gasteiger partial charge in [0.15, 0.2) is 0 Å². The third-order valence-electron chi connectivity index (χ3n) is 6.13. The first kappa shape index (κ1) is 18.9. The highest BCUT2D eigenvalue weighted by Crippen LogP contribution is 2.29. The van der Waals surface area contributed by atoms with E-state index in [0.717, 1.165) is 37.1 Å². The third-order valence-corrected chi connectivity index (χ3v) is 6.13. The molecule has 1 aliphatic carbocycles. The first-order valence-electron chi connectivity index (χ1n) is 10.0. The lowest BCUT2D eigenvalue weighted by atomic mass is 9.83. The van der Waals surface area contributed by atoms with Gasteiger partial charge in [-0.15, -0.1) is 0 Å². The molecule has 0 aromatic carbocycles. The predicted octanol–water partition coefficient (Wildman–Crippen LogP) is 1.18. The number of hydrogen-bond donors (Lipinski definition) is 2. The summed E-state index contributed by atoms with van der Waals surface area (Å²) >= 11 is 0. The van der Waals surface area contributed by atoms with E-state index in [9.17, 15) is 9.90 Å². The van der Waals surface area contributed by atoms with E-state index < -0.39 is 0 Å². The van der Waals surface area contributed by atoms with Crippen LogP contribution in [-0.4, -0.2) is 68.4 Å². The van der Waals surface area contributed by atoms with Crippen LogP contribution in [0.25, 0.3) is 0 Å². The molecule has 0 saturated heterocycles. The van der Waals surface area contributed by atoms with E-state index in [-0.39, 0.29) is 30.1 Å². The summed E-state index contributed by atoms with van der Waals surface area (Å²) in [6, 6.07) is 0.00284. The summed E-state index contributed by atoms with van der Waals surface area (Å²) in [6.07, 6.45) is 10.5. The van der Waals surface area contributed by atoms with E-state index in [1.54, 1.807) is 35.1 Å². The maximum atomic E-state index is 12.6. The molecule has 4 rings (SSSR count). The lowest BCUT2D eigenvalue weighted by molar-refractivity contribution is -0.126. The molecule has 2 N–H and O–H groups in total. The number of likely N-dealkylation sites (N-methyl/N-ethyl adjacent to an activating group) is 1. The molecule has 1 fully saturated rings. The van der Waals surface area contributed by atoms with Gasteiger partial charge in [0, 0.05) is 31.6 Å². The van der Waals surface area contributed by atoms with E-state index in [1.165, 1.54) is 0 Å². The van der Waals surface area contributed by atoms with Crippen molar-refractivity contribution in [3.63, 3.8) is 0 Å². The molecule has 3 atom stereocenters. The second-order valence-corrected chi connectivity index (χ2v) is 8.09. The third kappa shape index (κ3) is 3.48. The Kier molecular flexibility index (Phi) is 5.05. The number of aliphatic hydroxyl groups is 1. The summed E-state index contributed by atoms with van der Waals surface area (Å²) in [5.74, 6) is 0.924. The number of aliphatic hydroxyl groups excluding tert-OH is 1. The van der Waals surface area contributed by atoms with Crippen LogP contribution < -0.4 is 5.32 Å². The molecule has 3 heterocycles. The number of amides is 1. The molecule has 3 aliphatic rings. The number of aliphatic imine (C=N–C) groups is 2. The number of aromatic nitrogens is 2. The van der Waals surface area contributed by atoms with Crippen LogP contribution in [0.1, 0.15) is 39.5 Å². The van der Waals surface area contributed by atoms with Crippen molar-refractivity contribution in [3.8, 4) is 0 Å². The van der Waals surface area contributed by atoms with E-state index in [2.05, 4.69) is 15.3 Å². The number of carbonyl (C=O) groups excluding carboxylic acids is 1. The zero-order chi connectivity index (χ0) is 19.8. The Bertz CT molecular complexity index is 818. The van der Waals surface area contributed by atoms with E-state index in [0.29, 0.717) is 11.9 Å². The molecule has 1 aromatic rings. The highest BCUT2D eigenvalue weighted by molar-refractivity contribution is 6.17. The highest BCUT2D eigenvalue weighted by atomic mass is 16.3. The minimum atomic E-state index is -0.257. The van der Waals surface area contributed by atoms with Crippen molar-refractivity contribution in [2.45, 2.75) is 63.8 Å². The predicted molar refractivity (Wildman–Crippen MR) is 107 cm³/mol. The summed E-state index contributed by atoms with van der Waals surface area (Å²) in [5.41, 5.74) is 1.65. The van der Waals surface area contributed by atoms with Crippen LogP contribution >= 0.6 is 0 Å². The SMILES string of the molecule is CC(O)C1CCC(NC2=CC(=O)N(C)C3C2=NC(n2ccnc2)=NC3C)CC1. The molecule has 3 unspecified atom stereocenters. The monoisotopic (exact) mass is 384 g/mol. The number of nitrogens with one attached hydrogen (secondary N) is 1. The summed E-state index contributed by atoms with van der Waals surface area (Å²) in [7, 11) is 1.80. The van der Waals surface area contributed by atoms with Crippen molar-refractivity contribution >= 4 is 17.6 Å². The molecule has 0 spiro atoms. The number of rotatable bonds is 3. The van der Waals surface area contributed by atoms with Crippen LogP contribution in [0.4, 0.5) is 0 Å². The lowest BCUT2D eigenvalue weighted by Crippen LogP contribution is -2.56. The summed E-state index contributed by atoms with van der Waals surface area (Å²) in [4.78, 5) is 27.8. The number of hydrogen-bond acceptors (Lipinski definition) is 6. The molecule has 1 saturated carbocycles. The quantitative estimate of drug-likeness (QED) is 0.818. The Labute approximate surface area is 165 Å². The van der Waals surface area contributed by atoms with Crippen LogP contribution in [0.15, 0.2) is 40.5 Å². The van der Waals surface area contributed by atoms with E-state index in [4.69, 9.17) is 4.99 Å². The summed E-state index contributed by atoms with van der Waals surface area (Å²) < 4.78 is 1.79. The van der Waals surface area contributed by atoms with Crippen molar-refractivity contribution in [2.75, 3.05) is 7.05 Å². The van der Waals surface area contributed by atoms with E-state index >= 15 is 0 Å². The number of fused-ring (bicyclic) bond motifs is 1. The van der Waals surface area contributed by atoms with Gasteiger partial charge in [0.1, 0.15) is 6.33 Å². The molecular weight excluding hydrogens is 356 g/mol. The second kappa shape index (κ2) is 7.50. The van der Waals surface area contributed by atoms with Gasteiger partial charge in [0.05, 0.1) is 29.6 Å². The molecule has 2 aliphatic heterocycles. The van der Waals surface area contributed by atoms with Gasteiger partial charge >= 0.3 is 0 Å². The number of carbonyl (C=O) groups is 1. The molecule has 150 valence electrons. The fourth-order valence-electron chi connectivity index (χ4n) is 4.43. The minimum Gasteiger partial charge on any atom is -0.393 e. The summed E-state index contributed by atoms with van der Waals surface area (Å²) in [6.45, 7) is 3.88. The average molecular weight is 384 g/mol. The minimum absolute atomic E-state index is 0.0303. The van der Waals surface area contributed by atoms with E-state index in [1.807, 2.05) is 20.0 Å². The first-order chi connectivity index (χ1) is 13.4. The van der Waals surface area contributed by atoms with Crippen molar-refractivity contribution in [1.82, 2.24) is 19.8 Å². The van der Waals surface area contributed by atoms with Gasteiger partial charge in [-0.2, -0.15) is 0 Å². The normalized spacial score (nSPS) is 31.5. The van der Waals surface area contributed by atoms with Gasteiger partial charge in [0.2, 0.25) is 11.9 Å². The highest BCUT2D eigenvalue weighted by Gasteiger charge is 2.39. The van der Waals surface area contributed by atoms with Gasteiger partial charge in [-0.25, -0.2) is 15.0 Å². The van der Waals surface area contributed by atoms with Crippen molar-refractivity contribution in [3.05, 3.63) is 30.5 Å². The Morgan fingerprint density at radius 2 is 2.04 bits per heavy atom. The Hall–Kier alpha value is -2.48. The fraction of sp³-hybridized carbons (Fsp3) is 0.600. The van der Waals surface area contributed by atoms with Crippen LogP contribution in [0.2, 0.25) is 0 Å². The molecule has 0 bridgehead atoms. The number of imidazole rings is 1. The maximum absolute atomic E-state index is 12.6. The van der Waals surface area contributed by atoms with Crippen LogP contribution in [0.3, 0.4) is 0 Å². The Morgan fingerprint density at radius 1 is 1.29 bits per heavy atom. The number of nitrogens with zero attached hydrogens (tertiary/aromatic N) is 5. The first-order valence-corrected chi connectivity index (χ1v) is 10.0. The van der Waals surface area contributed by atoms with Crippen molar-refractivity contribution in [2.24, 2.45) is 15.9 Å². The molecule has 8 nitrogen and oxygen atoms in total. The van der Waals surface area contributed by atoms with Crippen LogP contribution in [-0.2, 0) is 4.79 Å². The van der Waals surface area contributed by atoms with Gasteiger partial charge in [-0.05, 0) is 45.4 Å². The Morgan fingerprint density at radius 3 is 2.68 bits per heavy atom. The second-order valence-electron chi connectivity index (χ2n) is 8.09. The fourth-order valence-corrected chi connectivity index (χ4v) is 4.43. The van der Waals surface area contributed by atoms with Gasteiger partial charge < -0.3 is 15.3 Å². The molecule has 0 radical (unpaired) electrons. The zero-order valence-corrected chi connectivity index (χ0v) is 16.6. The van der Waals surface area contributed by atoms with Crippen molar-refractivity contribution < 1.29 is 9.90 Å². The van der Waals surface area contributed by atoms with Gasteiger partial charge in [-0.3, -0.25) is 9.36 Å². The molecule has 1 amide bonds.